The van der Waals surface area contributed by atoms with Gasteiger partial charge in [0.25, 0.3) is 5.91 Å². The molecule has 1 aromatic rings. The Bertz CT molecular complexity index is 396. The molecule has 114 valence electrons. The summed E-state index contributed by atoms with van der Waals surface area (Å²) in [7, 11) is 0. The molecule has 0 spiro atoms. The van der Waals surface area contributed by atoms with E-state index in [9.17, 15) is 4.79 Å². The zero-order chi connectivity index (χ0) is 15.0. The van der Waals surface area contributed by atoms with Crippen LogP contribution in [0, 0.1) is 0 Å². The molecule has 0 aliphatic carbocycles. The quantitative estimate of drug-likeness (QED) is 0.692. The topological polar surface area (TPSA) is 77.2 Å². The molecule has 0 atom stereocenters. The summed E-state index contributed by atoms with van der Waals surface area (Å²) >= 11 is 0. The maximum absolute atomic E-state index is 12.2. The summed E-state index contributed by atoms with van der Waals surface area (Å²) in [4.78, 5) is 15.7. The third-order valence-electron chi connectivity index (χ3n) is 3.17. The second-order valence-corrected chi connectivity index (χ2v) is 4.47. The predicted octanol–water partition coefficient (Wildman–Crippen LogP) is 0.548. The second kappa shape index (κ2) is 8.73. The Balaban J connectivity index is 2.71. The highest BCUT2D eigenvalue weighted by Gasteiger charge is 2.18. The van der Waals surface area contributed by atoms with E-state index in [2.05, 4.69) is 18.7 Å². The maximum Gasteiger partial charge on any atom is 0.289 e. The first-order chi connectivity index (χ1) is 9.65. The first kappa shape index (κ1) is 16.7. The van der Waals surface area contributed by atoms with Gasteiger partial charge in [-0.1, -0.05) is 13.8 Å². The van der Waals surface area contributed by atoms with Crippen molar-refractivity contribution in [1.82, 2.24) is 9.80 Å². The van der Waals surface area contributed by atoms with Gasteiger partial charge in [0, 0.05) is 13.1 Å². The maximum atomic E-state index is 12.2. The van der Waals surface area contributed by atoms with Gasteiger partial charge in [-0.15, -0.1) is 0 Å². The fourth-order valence-electron chi connectivity index (χ4n) is 1.96. The third-order valence-corrected chi connectivity index (χ3v) is 3.17. The lowest BCUT2D eigenvalue weighted by Crippen LogP contribution is -2.35. The molecule has 0 bridgehead atoms. The van der Waals surface area contributed by atoms with Crippen molar-refractivity contribution in [2.75, 3.05) is 39.4 Å². The van der Waals surface area contributed by atoms with Crippen molar-refractivity contribution in [2.24, 2.45) is 0 Å². The third kappa shape index (κ3) is 4.63. The minimum Gasteiger partial charge on any atom is -0.455 e. The van der Waals surface area contributed by atoms with Gasteiger partial charge in [0.2, 0.25) is 0 Å². The van der Waals surface area contributed by atoms with E-state index in [1.54, 1.807) is 12.1 Å². The van der Waals surface area contributed by atoms with E-state index in [4.69, 9.17) is 14.6 Å². The highest BCUT2D eigenvalue weighted by Crippen LogP contribution is 2.13. The van der Waals surface area contributed by atoms with Crippen molar-refractivity contribution in [3.05, 3.63) is 23.7 Å². The van der Waals surface area contributed by atoms with E-state index in [0.717, 1.165) is 18.8 Å². The molecule has 0 aliphatic heterocycles. The molecule has 20 heavy (non-hydrogen) atoms. The van der Waals surface area contributed by atoms with Gasteiger partial charge in [0.1, 0.15) is 5.76 Å². The molecule has 0 aliphatic rings. The highest BCUT2D eigenvalue weighted by molar-refractivity contribution is 5.91. The van der Waals surface area contributed by atoms with Gasteiger partial charge in [0.05, 0.1) is 19.8 Å². The summed E-state index contributed by atoms with van der Waals surface area (Å²) in [6.07, 6.45) is 0. The zero-order valence-corrected chi connectivity index (χ0v) is 12.2. The molecule has 6 nitrogen and oxygen atoms in total. The average molecular weight is 284 g/mol. The van der Waals surface area contributed by atoms with Crippen molar-refractivity contribution in [1.29, 1.82) is 0 Å². The van der Waals surface area contributed by atoms with Crippen LogP contribution in [-0.2, 0) is 6.54 Å². The molecule has 1 aromatic heterocycles. The molecule has 6 heteroatoms. The average Bonchev–Trinajstić information content (AvgIpc) is 2.92. The van der Waals surface area contributed by atoms with Crippen molar-refractivity contribution in [3.63, 3.8) is 0 Å². The van der Waals surface area contributed by atoms with Crippen LogP contribution in [0.25, 0.3) is 0 Å². The highest BCUT2D eigenvalue weighted by atomic mass is 16.4. The number of rotatable bonds is 9. The van der Waals surface area contributed by atoms with E-state index in [0.29, 0.717) is 6.54 Å². The van der Waals surface area contributed by atoms with Crippen LogP contribution in [0.5, 0.6) is 0 Å². The monoisotopic (exact) mass is 284 g/mol. The van der Waals surface area contributed by atoms with E-state index in [-0.39, 0.29) is 38.0 Å². The molecule has 0 saturated heterocycles. The molecule has 0 fully saturated rings. The van der Waals surface area contributed by atoms with Gasteiger partial charge in [-0.2, -0.15) is 0 Å². The van der Waals surface area contributed by atoms with Gasteiger partial charge < -0.3 is 19.5 Å². The Morgan fingerprint density at radius 1 is 1.15 bits per heavy atom. The van der Waals surface area contributed by atoms with Crippen LogP contribution in [0.2, 0.25) is 0 Å². The summed E-state index contributed by atoms with van der Waals surface area (Å²) in [5.41, 5.74) is 0. The summed E-state index contributed by atoms with van der Waals surface area (Å²) in [5.74, 6) is 0.679. The SMILES string of the molecule is CCN(CC)Cc1ccc(C(=O)N(CCO)CCO)o1. The number of aliphatic hydroxyl groups excluding tert-OH is 2. The molecule has 2 N–H and O–H groups in total. The van der Waals surface area contributed by atoms with Crippen molar-refractivity contribution in [2.45, 2.75) is 20.4 Å². The van der Waals surface area contributed by atoms with E-state index >= 15 is 0 Å². The minimum atomic E-state index is -0.307. The number of carbonyl (C=O) groups excluding carboxylic acids is 1. The van der Waals surface area contributed by atoms with Crippen LogP contribution in [0.3, 0.4) is 0 Å². The zero-order valence-electron chi connectivity index (χ0n) is 12.2. The van der Waals surface area contributed by atoms with Crippen LogP contribution < -0.4 is 0 Å². The van der Waals surface area contributed by atoms with E-state index in [1.165, 1.54) is 4.90 Å². The van der Waals surface area contributed by atoms with Crippen LogP contribution >= 0.6 is 0 Å². The first-order valence-corrected chi connectivity index (χ1v) is 6.98. The Morgan fingerprint density at radius 2 is 1.75 bits per heavy atom. The Morgan fingerprint density at radius 3 is 2.25 bits per heavy atom. The molecule has 0 unspecified atom stereocenters. The van der Waals surface area contributed by atoms with E-state index in [1.807, 2.05) is 0 Å². The van der Waals surface area contributed by atoms with Gasteiger partial charge in [-0.25, -0.2) is 0 Å². The number of amides is 1. The summed E-state index contributed by atoms with van der Waals surface area (Å²) < 4.78 is 5.56. The molecule has 1 amide bonds. The van der Waals surface area contributed by atoms with Crippen LogP contribution in [0.15, 0.2) is 16.5 Å². The molecular weight excluding hydrogens is 260 g/mol. The van der Waals surface area contributed by atoms with E-state index < -0.39 is 0 Å². The fraction of sp³-hybridized carbons (Fsp3) is 0.643. The molecule has 0 radical (unpaired) electrons. The number of hydrogen-bond donors (Lipinski definition) is 2. The number of carbonyl (C=O) groups is 1. The lowest BCUT2D eigenvalue weighted by atomic mass is 10.3. The molecule has 0 saturated carbocycles. The van der Waals surface area contributed by atoms with Crippen LogP contribution in [-0.4, -0.2) is 65.3 Å². The second-order valence-electron chi connectivity index (χ2n) is 4.47. The predicted molar refractivity (Wildman–Crippen MR) is 75.4 cm³/mol. The molecule has 1 rings (SSSR count). The Labute approximate surface area is 119 Å². The number of nitrogens with zero attached hydrogens (tertiary/aromatic N) is 2. The summed E-state index contributed by atoms with van der Waals surface area (Å²) in [6.45, 7) is 6.74. The number of aliphatic hydroxyl groups is 2. The largest absolute Gasteiger partial charge is 0.455 e. The molecule has 1 heterocycles. The standard InChI is InChI=1S/C14H24N2O4/c1-3-15(4-2)11-12-5-6-13(20-12)14(19)16(7-9-17)8-10-18/h5-6,17-18H,3-4,7-11H2,1-2H3. The van der Waals surface area contributed by atoms with Gasteiger partial charge in [-0.3, -0.25) is 9.69 Å². The summed E-state index contributed by atoms with van der Waals surface area (Å²) in [5, 5.41) is 17.9. The van der Waals surface area contributed by atoms with Gasteiger partial charge >= 0.3 is 0 Å². The summed E-state index contributed by atoms with van der Waals surface area (Å²) in [6, 6.07) is 3.44. The van der Waals surface area contributed by atoms with Gasteiger partial charge in [0.15, 0.2) is 5.76 Å². The van der Waals surface area contributed by atoms with Crippen molar-refractivity contribution in [3.8, 4) is 0 Å². The minimum absolute atomic E-state index is 0.140. The van der Waals surface area contributed by atoms with Crippen molar-refractivity contribution >= 4 is 5.91 Å². The normalized spacial score (nSPS) is 11.1. The first-order valence-electron chi connectivity index (χ1n) is 6.98. The lowest BCUT2D eigenvalue weighted by molar-refractivity contribution is 0.0650. The Kier molecular flexibility index (Phi) is 7.28. The van der Waals surface area contributed by atoms with Crippen molar-refractivity contribution < 1.29 is 19.4 Å². The van der Waals surface area contributed by atoms with Gasteiger partial charge in [-0.05, 0) is 25.2 Å². The number of hydrogen-bond acceptors (Lipinski definition) is 5. The fourth-order valence-corrected chi connectivity index (χ4v) is 1.96. The smallest absolute Gasteiger partial charge is 0.289 e. The Hall–Kier alpha value is -1.37. The molecular formula is C14H24N2O4. The van der Waals surface area contributed by atoms with Crippen LogP contribution in [0.1, 0.15) is 30.2 Å². The van der Waals surface area contributed by atoms with Crippen LogP contribution in [0.4, 0.5) is 0 Å². The lowest BCUT2D eigenvalue weighted by Gasteiger charge is -2.19. The molecule has 0 aromatic carbocycles. The number of furan rings is 1.